The first-order valence-electron chi connectivity index (χ1n) is 3.96. The number of fused-ring (bicyclic) bond motifs is 1. The summed E-state index contributed by atoms with van der Waals surface area (Å²) < 4.78 is 1.67. The molecule has 0 aromatic carbocycles. The lowest BCUT2D eigenvalue weighted by Gasteiger charge is -2.03. The van der Waals surface area contributed by atoms with Crippen LogP contribution in [0.2, 0.25) is 0 Å². The van der Waals surface area contributed by atoms with Crippen LogP contribution in [-0.2, 0) is 0 Å². The van der Waals surface area contributed by atoms with Crippen LogP contribution in [0.25, 0.3) is 5.65 Å². The van der Waals surface area contributed by atoms with Crippen molar-refractivity contribution in [2.75, 3.05) is 24.7 Å². The molecule has 0 atom stereocenters. The molecule has 0 saturated carbocycles. The van der Waals surface area contributed by atoms with Crippen molar-refractivity contribution < 1.29 is 0 Å². The fraction of sp³-hybridized carbons (Fsp3) is 0.250. The van der Waals surface area contributed by atoms with Gasteiger partial charge in [-0.2, -0.15) is 4.98 Å². The van der Waals surface area contributed by atoms with Gasteiger partial charge in [-0.15, -0.1) is 5.10 Å². The minimum absolute atomic E-state index is 0.683. The molecule has 0 unspecified atom stereocenters. The monoisotopic (exact) mass is 177 g/mol. The van der Waals surface area contributed by atoms with Crippen molar-refractivity contribution in [3.05, 3.63) is 18.3 Å². The molecule has 0 aliphatic carbocycles. The molecule has 0 spiro atoms. The summed E-state index contributed by atoms with van der Waals surface area (Å²) in [5.41, 5.74) is 7.09. The predicted molar refractivity (Wildman–Crippen MR) is 51.7 cm³/mol. The van der Waals surface area contributed by atoms with Gasteiger partial charge in [0, 0.05) is 14.1 Å². The molecule has 0 fully saturated rings. The van der Waals surface area contributed by atoms with Crippen LogP contribution in [0.3, 0.4) is 0 Å². The van der Waals surface area contributed by atoms with Gasteiger partial charge in [-0.3, -0.25) is 0 Å². The molecule has 0 aliphatic heterocycles. The zero-order chi connectivity index (χ0) is 9.42. The van der Waals surface area contributed by atoms with Crippen molar-refractivity contribution >= 4 is 17.3 Å². The van der Waals surface area contributed by atoms with Crippen molar-refractivity contribution in [2.24, 2.45) is 0 Å². The summed E-state index contributed by atoms with van der Waals surface area (Å²) in [5, 5.41) is 4.22. The molecule has 5 nitrogen and oxygen atoms in total. The molecule has 2 N–H and O–H groups in total. The summed E-state index contributed by atoms with van der Waals surface area (Å²) in [4.78, 5) is 6.13. The normalized spacial score (nSPS) is 10.6. The van der Waals surface area contributed by atoms with Crippen molar-refractivity contribution in [1.29, 1.82) is 0 Å². The van der Waals surface area contributed by atoms with E-state index in [4.69, 9.17) is 5.73 Å². The van der Waals surface area contributed by atoms with Crippen LogP contribution in [0.1, 0.15) is 0 Å². The standard InChI is InChI=1S/C8H11N5/c1-12(2)8-10-7-4-3-6(9)5-13(7)11-8/h3-5H,9H2,1-2H3. The number of nitrogens with two attached hydrogens (primary N) is 1. The Morgan fingerprint density at radius 3 is 2.85 bits per heavy atom. The second kappa shape index (κ2) is 2.62. The van der Waals surface area contributed by atoms with E-state index in [9.17, 15) is 0 Å². The van der Waals surface area contributed by atoms with E-state index in [2.05, 4.69) is 10.1 Å². The Bertz CT molecular complexity index is 431. The molecule has 0 amide bonds. The first-order chi connectivity index (χ1) is 6.16. The fourth-order valence-electron chi connectivity index (χ4n) is 1.08. The molecule has 0 saturated heterocycles. The largest absolute Gasteiger partial charge is 0.397 e. The third kappa shape index (κ3) is 1.28. The number of nitrogen functional groups attached to an aromatic ring is 1. The van der Waals surface area contributed by atoms with E-state index in [1.165, 1.54) is 0 Å². The van der Waals surface area contributed by atoms with Gasteiger partial charge >= 0.3 is 0 Å². The lowest BCUT2D eigenvalue weighted by molar-refractivity contribution is 0.928. The number of nitrogens with zero attached hydrogens (tertiary/aromatic N) is 4. The molecule has 2 heterocycles. The van der Waals surface area contributed by atoms with Gasteiger partial charge in [0.2, 0.25) is 5.95 Å². The van der Waals surface area contributed by atoms with Gasteiger partial charge < -0.3 is 10.6 Å². The quantitative estimate of drug-likeness (QED) is 0.684. The van der Waals surface area contributed by atoms with Crippen molar-refractivity contribution in [3.8, 4) is 0 Å². The minimum atomic E-state index is 0.683. The highest BCUT2D eigenvalue weighted by Gasteiger charge is 2.03. The van der Waals surface area contributed by atoms with Crippen molar-refractivity contribution in [1.82, 2.24) is 14.6 Å². The van der Waals surface area contributed by atoms with Crippen molar-refractivity contribution in [2.45, 2.75) is 0 Å². The average molecular weight is 177 g/mol. The lowest BCUT2D eigenvalue weighted by Crippen LogP contribution is -2.10. The Morgan fingerprint density at radius 2 is 2.15 bits per heavy atom. The molecule has 68 valence electrons. The van der Waals surface area contributed by atoms with Gasteiger partial charge in [0.25, 0.3) is 0 Å². The SMILES string of the molecule is CN(C)c1nc2ccc(N)cn2n1. The van der Waals surface area contributed by atoms with Crippen LogP contribution in [0.15, 0.2) is 18.3 Å². The van der Waals surface area contributed by atoms with Gasteiger partial charge in [-0.1, -0.05) is 0 Å². The number of hydrogen-bond acceptors (Lipinski definition) is 4. The Hall–Kier alpha value is -1.78. The van der Waals surface area contributed by atoms with Crippen molar-refractivity contribution in [3.63, 3.8) is 0 Å². The van der Waals surface area contributed by atoms with Gasteiger partial charge in [-0.25, -0.2) is 4.52 Å². The summed E-state index contributed by atoms with van der Waals surface area (Å²) in [6.45, 7) is 0. The third-order valence-corrected chi connectivity index (χ3v) is 1.74. The summed E-state index contributed by atoms with van der Waals surface area (Å²) >= 11 is 0. The highest BCUT2D eigenvalue weighted by molar-refractivity contribution is 5.49. The summed E-state index contributed by atoms with van der Waals surface area (Å²) in [6, 6.07) is 3.65. The molecule has 0 aliphatic rings. The topological polar surface area (TPSA) is 59.5 Å². The lowest BCUT2D eigenvalue weighted by atomic mass is 10.4. The molecule has 2 aromatic rings. The second-order valence-corrected chi connectivity index (χ2v) is 3.07. The maximum Gasteiger partial charge on any atom is 0.245 e. The van der Waals surface area contributed by atoms with Crippen LogP contribution in [-0.4, -0.2) is 28.7 Å². The molecule has 0 bridgehead atoms. The Kier molecular flexibility index (Phi) is 1.58. The molecule has 0 radical (unpaired) electrons. The van der Waals surface area contributed by atoms with Gasteiger partial charge in [0.15, 0.2) is 5.65 Å². The number of hydrogen-bond donors (Lipinski definition) is 1. The van der Waals surface area contributed by atoms with E-state index in [0.29, 0.717) is 11.6 Å². The van der Waals surface area contributed by atoms with Crippen LogP contribution < -0.4 is 10.6 Å². The number of aromatic nitrogens is 3. The molecule has 2 rings (SSSR count). The second-order valence-electron chi connectivity index (χ2n) is 3.07. The minimum Gasteiger partial charge on any atom is -0.397 e. The molecule has 5 heteroatoms. The first-order valence-corrected chi connectivity index (χ1v) is 3.96. The van der Waals surface area contributed by atoms with Crippen LogP contribution in [0.5, 0.6) is 0 Å². The molecule has 13 heavy (non-hydrogen) atoms. The Morgan fingerprint density at radius 1 is 1.38 bits per heavy atom. The van der Waals surface area contributed by atoms with E-state index in [-0.39, 0.29) is 0 Å². The maximum absolute atomic E-state index is 5.61. The Balaban J connectivity index is 2.62. The van der Waals surface area contributed by atoms with E-state index >= 15 is 0 Å². The molecule has 2 aromatic heterocycles. The highest BCUT2D eigenvalue weighted by Crippen LogP contribution is 2.09. The summed E-state index contributed by atoms with van der Waals surface area (Å²) in [5.74, 6) is 0.686. The fourth-order valence-corrected chi connectivity index (χ4v) is 1.08. The van der Waals surface area contributed by atoms with Crippen LogP contribution in [0, 0.1) is 0 Å². The summed E-state index contributed by atoms with van der Waals surface area (Å²) in [6.07, 6.45) is 1.75. The number of anilines is 2. The van der Waals surface area contributed by atoms with Crippen LogP contribution in [0.4, 0.5) is 11.6 Å². The Labute approximate surface area is 75.8 Å². The number of pyridine rings is 1. The van der Waals surface area contributed by atoms with Gasteiger partial charge in [0.1, 0.15) is 0 Å². The van der Waals surface area contributed by atoms with E-state index in [1.807, 2.05) is 31.1 Å². The van der Waals surface area contributed by atoms with Gasteiger partial charge in [-0.05, 0) is 12.1 Å². The zero-order valence-corrected chi connectivity index (χ0v) is 7.60. The van der Waals surface area contributed by atoms with Crippen LogP contribution >= 0.6 is 0 Å². The van der Waals surface area contributed by atoms with E-state index in [1.54, 1.807) is 10.7 Å². The number of rotatable bonds is 1. The third-order valence-electron chi connectivity index (χ3n) is 1.74. The highest BCUT2D eigenvalue weighted by atomic mass is 15.4. The van der Waals surface area contributed by atoms with E-state index < -0.39 is 0 Å². The molecular formula is C8H11N5. The predicted octanol–water partition coefficient (Wildman–Crippen LogP) is 0.377. The average Bonchev–Trinajstić information content (AvgIpc) is 2.46. The first kappa shape index (κ1) is 7.85. The van der Waals surface area contributed by atoms with Gasteiger partial charge in [0.05, 0.1) is 11.9 Å². The molecular weight excluding hydrogens is 166 g/mol. The smallest absolute Gasteiger partial charge is 0.245 e. The van der Waals surface area contributed by atoms with E-state index in [0.717, 1.165) is 5.65 Å². The maximum atomic E-state index is 5.61. The summed E-state index contributed by atoms with van der Waals surface area (Å²) in [7, 11) is 3.80. The zero-order valence-electron chi connectivity index (χ0n) is 7.60.